The van der Waals surface area contributed by atoms with Gasteiger partial charge < -0.3 is 9.88 Å². The molecule has 1 heterocycles. The van der Waals surface area contributed by atoms with Gasteiger partial charge in [-0.3, -0.25) is 4.79 Å². The molecule has 19 heavy (non-hydrogen) atoms. The van der Waals surface area contributed by atoms with Gasteiger partial charge in [0.1, 0.15) is 0 Å². The summed E-state index contributed by atoms with van der Waals surface area (Å²) in [5.74, 6) is 0. The zero-order chi connectivity index (χ0) is 14.3. The molecule has 0 fully saturated rings. The molecule has 0 bridgehead atoms. The zero-order valence-corrected chi connectivity index (χ0v) is 13.8. The third-order valence-corrected chi connectivity index (χ3v) is 3.75. The largest absolute Gasteiger partial charge is 0.313 e. The molecule has 1 rings (SSSR count). The van der Waals surface area contributed by atoms with Crippen LogP contribution < -0.4 is 10.9 Å². The lowest BCUT2D eigenvalue weighted by Gasteiger charge is -2.14. The average molecular weight is 329 g/mol. The van der Waals surface area contributed by atoms with Gasteiger partial charge in [-0.05, 0) is 42.3 Å². The molecule has 0 amide bonds. The van der Waals surface area contributed by atoms with Crippen molar-refractivity contribution in [1.82, 2.24) is 9.88 Å². The molecule has 3 nitrogen and oxygen atoms in total. The number of nitrogens with zero attached hydrogens (tertiary/aromatic N) is 1. The van der Waals surface area contributed by atoms with Gasteiger partial charge in [0.2, 0.25) is 0 Å². The van der Waals surface area contributed by atoms with Crippen molar-refractivity contribution in [2.24, 2.45) is 0 Å². The summed E-state index contributed by atoms with van der Waals surface area (Å²) in [5, 5.41) is 3.48. The number of hydrogen-bond acceptors (Lipinski definition) is 2. The molecule has 0 saturated carbocycles. The number of pyridine rings is 1. The van der Waals surface area contributed by atoms with Gasteiger partial charge in [0, 0.05) is 35.4 Å². The average Bonchev–Trinajstić information content (AvgIpc) is 2.35. The lowest BCUT2D eigenvalue weighted by atomic mass is 10.1. The predicted molar refractivity (Wildman–Crippen MR) is 84.7 cm³/mol. The van der Waals surface area contributed by atoms with E-state index in [1.165, 1.54) is 25.7 Å². The van der Waals surface area contributed by atoms with Crippen LogP contribution in [-0.4, -0.2) is 17.2 Å². The number of rotatable bonds is 8. The summed E-state index contributed by atoms with van der Waals surface area (Å²) in [6, 6.07) is 2.38. The normalized spacial score (nSPS) is 12.6. The van der Waals surface area contributed by atoms with Gasteiger partial charge in [0.15, 0.2) is 0 Å². The highest BCUT2D eigenvalue weighted by Crippen LogP contribution is 2.08. The van der Waals surface area contributed by atoms with Crippen molar-refractivity contribution in [2.45, 2.75) is 59.0 Å². The molecule has 4 heteroatoms. The minimum atomic E-state index is 0.101. The Bertz CT molecular complexity index is 442. The molecule has 0 aliphatic heterocycles. The van der Waals surface area contributed by atoms with Crippen LogP contribution >= 0.6 is 15.9 Å². The fraction of sp³-hybridized carbons (Fsp3) is 0.667. The lowest BCUT2D eigenvalue weighted by Crippen LogP contribution is -2.32. The van der Waals surface area contributed by atoms with Gasteiger partial charge in [0.25, 0.3) is 5.56 Å². The van der Waals surface area contributed by atoms with Gasteiger partial charge >= 0.3 is 0 Å². The number of hydrogen-bond donors (Lipinski definition) is 1. The van der Waals surface area contributed by atoms with E-state index < -0.39 is 0 Å². The van der Waals surface area contributed by atoms with Crippen molar-refractivity contribution >= 4 is 15.9 Å². The molecule has 1 atom stereocenters. The molecule has 0 aliphatic carbocycles. The van der Waals surface area contributed by atoms with E-state index in [4.69, 9.17) is 0 Å². The molecule has 0 aliphatic rings. The van der Waals surface area contributed by atoms with Crippen LogP contribution in [0.15, 0.2) is 21.5 Å². The Kier molecular flexibility index (Phi) is 7.39. The molecular weight excluding hydrogens is 304 g/mol. The smallest absolute Gasteiger partial charge is 0.253 e. The first-order valence-electron chi connectivity index (χ1n) is 7.14. The monoisotopic (exact) mass is 328 g/mol. The summed E-state index contributed by atoms with van der Waals surface area (Å²) in [4.78, 5) is 11.9. The van der Waals surface area contributed by atoms with Crippen LogP contribution in [0.3, 0.4) is 0 Å². The van der Waals surface area contributed by atoms with Gasteiger partial charge in [0.05, 0.1) is 0 Å². The molecule has 1 unspecified atom stereocenters. The van der Waals surface area contributed by atoms with Crippen LogP contribution in [0.1, 0.15) is 45.1 Å². The predicted octanol–water partition coefficient (Wildman–Crippen LogP) is 3.48. The molecule has 0 radical (unpaired) electrons. The van der Waals surface area contributed by atoms with E-state index in [0.717, 1.165) is 23.1 Å². The van der Waals surface area contributed by atoms with E-state index >= 15 is 0 Å². The van der Waals surface area contributed by atoms with Crippen LogP contribution in [0.2, 0.25) is 0 Å². The molecule has 0 spiro atoms. The summed E-state index contributed by atoms with van der Waals surface area (Å²) >= 11 is 3.43. The topological polar surface area (TPSA) is 34.0 Å². The second kappa shape index (κ2) is 8.54. The lowest BCUT2D eigenvalue weighted by molar-refractivity contribution is 0.467. The van der Waals surface area contributed by atoms with E-state index in [1.807, 2.05) is 19.2 Å². The third-order valence-electron chi connectivity index (χ3n) is 3.32. The van der Waals surface area contributed by atoms with Crippen molar-refractivity contribution in [3.63, 3.8) is 0 Å². The molecule has 1 N–H and O–H groups in total. The van der Waals surface area contributed by atoms with Gasteiger partial charge in [-0.25, -0.2) is 0 Å². The highest BCUT2D eigenvalue weighted by molar-refractivity contribution is 9.10. The molecular formula is C15H25BrN2O. The van der Waals surface area contributed by atoms with Crippen LogP contribution in [0.25, 0.3) is 0 Å². The second-order valence-corrected chi connectivity index (χ2v) is 6.11. The Morgan fingerprint density at radius 2 is 2.16 bits per heavy atom. The van der Waals surface area contributed by atoms with E-state index in [9.17, 15) is 4.79 Å². The van der Waals surface area contributed by atoms with Crippen molar-refractivity contribution in [3.8, 4) is 0 Å². The molecule has 0 saturated heterocycles. The van der Waals surface area contributed by atoms with E-state index in [0.29, 0.717) is 6.04 Å². The second-order valence-electron chi connectivity index (χ2n) is 5.19. The maximum Gasteiger partial charge on any atom is 0.253 e. The standard InChI is InChI=1S/C15H25BrN2O/c1-4-5-6-7-13(3)17-8-9-18-11-14(16)10-12(2)15(18)19/h10-11,13,17H,4-9H2,1-3H3. The highest BCUT2D eigenvalue weighted by atomic mass is 79.9. The van der Waals surface area contributed by atoms with Crippen molar-refractivity contribution in [2.75, 3.05) is 6.54 Å². The Labute approximate surface area is 124 Å². The van der Waals surface area contributed by atoms with E-state index in [-0.39, 0.29) is 5.56 Å². The van der Waals surface area contributed by atoms with E-state index in [1.54, 1.807) is 4.57 Å². The zero-order valence-electron chi connectivity index (χ0n) is 12.2. The first-order valence-corrected chi connectivity index (χ1v) is 7.94. The minimum absolute atomic E-state index is 0.101. The van der Waals surface area contributed by atoms with Crippen LogP contribution in [0, 0.1) is 6.92 Å². The van der Waals surface area contributed by atoms with Crippen molar-refractivity contribution in [1.29, 1.82) is 0 Å². The summed E-state index contributed by atoms with van der Waals surface area (Å²) in [7, 11) is 0. The first-order chi connectivity index (χ1) is 9.04. The summed E-state index contributed by atoms with van der Waals surface area (Å²) < 4.78 is 2.73. The van der Waals surface area contributed by atoms with Gasteiger partial charge in [-0.15, -0.1) is 0 Å². The highest BCUT2D eigenvalue weighted by Gasteiger charge is 2.03. The van der Waals surface area contributed by atoms with Crippen LogP contribution in [0.5, 0.6) is 0 Å². The van der Waals surface area contributed by atoms with Crippen LogP contribution in [-0.2, 0) is 6.54 Å². The molecule has 1 aromatic heterocycles. The maximum atomic E-state index is 11.9. The maximum absolute atomic E-state index is 11.9. The van der Waals surface area contributed by atoms with E-state index in [2.05, 4.69) is 35.1 Å². The Morgan fingerprint density at radius 1 is 1.42 bits per heavy atom. The number of aromatic nitrogens is 1. The molecule has 0 aromatic carbocycles. The SMILES string of the molecule is CCCCCC(C)NCCn1cc(Br)cc(C)c1=O. The Balaban J connectivity index is 2.39. The van der Waals surface area contributed by atoms with Crippen LogP contribution in [0.4, 0.5) is 0 Å². The molecule has 108 valence electrons. The summed E-state index contributed by atoms with van der Waals surface area (Å²) in [6.45, 7) is 7.84. The van der Waals surface area contributed by atoms with Gasteiger partial charge in [-0.1, -0.05) is 26.2 Å². The molecule has 1 aromatic rings. The number of nitrogens with one attached hydrogen (secondary N) is 1. The first kappa shape index (κ1) is 16.4. The Morgan fingerprint density at radius 3 is 2.84 bits per heavy atom. The summed E-state index contributed by atoms with van der Waals surface area (Å²) in [6.07, 6.45) is 6.91. The summed E-state index contributed by atoms with van der Waals surface area (Å²) in [5.41, 5.74) is 0.883. The number of aryl methyl sites for hydroxylation is 1. The fourth-order valence-corrected chi connectivity index (χ4v) is 2.73. The van der Waals surface area contributed by atoms with Gasteiger partial charge in [-0.2, -0.15) is 0 Å². The van der Waals surface area contributed by atoms with Crippen molar-refractivity contribution in [3.05, 3.63) is 32.7 Å². The minimum Gasteiger partial charge on any atom is -0.313 e. The number of unbranched alkanes of at least 4 members (excludes halogenated alkanes) is 2. The van der Waals surface area contributed by atoms with Crippen molar-refractivity contribution < 1.29 is 0 Å². The number of halogens is 1. The third kappa shape index (κ3) is 5.91. The Hall–Kier alpha value is -0.610. The quantitative estimate of drug-likeness (QED) is 0.741. The fourth-order valence-electron chi connectivity index (χ4n) is 2.14.